The maximum absolute atomic E-state index is 5.82. The number of pyridine rings is 1. The van der Waals surface area contributed by atoms with Crippen LogP contribution in [0.3, 0.4) is 0 Å². The van der Waals surface area contributed by atoms with Crippen LogP contribution in [0.5, 0.6) is 0 Å². The SMILES string of the molecule is CN=C(NCCc1ccc(Cl)nc1)NCC(C)(C)N1CCCC(C)C1. The summed E-state index contributed by atoms with van der Waals surface area (Å²) in [6, 6.07) is 3.83. The van der Waals surface area contributed by atoms with Gasteiger partial charge in [-0.3, -0.25) is 9.89 Å². The molecule has 2 N–H and O–H groups in total. The van der Waals surface area contributed by atoms with E-state index in [0.29, 0.717) is 5.15 Å². The van der Waals surface area contributed by atoms with Crippen molar-refractivity contribution in [2.24, 2.45) is 10.9 Å². The number of guanidine groups is 1. The molecule has 1 aromatic heterocycles. The zero-order valence-corrected chi connectivity index (χ0v) is 16.7. The first-order valence-corrected chi connectivity index (χ1v) is 9.58. The van der Waals surface area contributed by atoms with Crippen molar-refractivity contribution >= 4 is 17.6 Å². The van der Waals surface area contributed by atoms with Gasteiger partial charge in [0, 0.05) is 38.4 Å². The van der Waals surface area contributed by atoms with Gasteiger partial charge in [-0.25, -0.2) is 4.98 Å². The van der Waals surface area contributed by atoms with Crippen LogP contribution in [0.4, 0.5) is 0 Å². The highest BCUT2D eigenvalue weighted by Gasteiger charge is 2.30. The Labute approximate surface area is 157 Å². The van der Waals surface area contributed by atoms with E-state index in [2.05, 4.69) is 46.3 Å². The van der Waals surface area contributed by atoms with E-state index in [1.165, 1.54) is 25.9 Å². The van der Waals surface area contributed by atoms with E-state index in [4.69, 9.17) is 11.6 Å². The molecule has 2 heterocycles. The molecule has 0 saturated carbocycles. The molecule has 1 fully saturated rings. The lowest BCUT2D eigenvalue weighted by Crippen LogP contribution is -2.56. The number of aliphatic imine (C=N–C) groups is 1. The summed E-state index contributed by atoms with van der Waals surface area (Å²) in [6.45, 7) is 11.0. The first-order valence-electron chi connectivity index (χ1n) is 9.21. The molecule has 0 bridgehead atoms. The minimum absolute atomic E-state index is 0.117. The predicted octanol–water partition coefficient (Wildman–Crippen LogP) is 2.95. The summed E-state index contributed by atoms with van der Waals surface area (Å²) in [4.78, 5) is 11.0. The molecular formula is C19H32ClN5. The number of rotatable bonds is 6. The average Bonchev–Trinajstić information content (AvgIpc) is 2.59. The monoisotopic (exact) mass is 365 g/mol. The molecule has 1 unspecified atom stereocenters. The van der Waals surface area contributed by atoms with E-state index < -0.39 is 0 Å². The van der Waals surface area contributed by atoms with Crippen molar-refractivity contribution in [1.29, 1.82) is 0 Å². The van der Waals surface area contributed by atoms with E-state index in [9.17, 15) is 0 Å². The Hall–Kier alpha value is -1.33. The van der Waals surface area contributed by atoms with Crippen LogP contribution >= 0.6 is 11.6 Å². The molecule has 0 radical (unpaired) electrons. The number of hydrogen-bond donors (Lipinski definition) is 2. The maximum Gasteiger partial charge on any atom is 0.191 e. The van der Waals surface area contributed by atoms with Gasteiger partial charge in [0.15, 0.2) is 5.96 Å². The van der Waals surface area contributed by atoms with Gasteiger partial charge >= 0.3 is 0 Å². The Bertz CT molecular complexity index is 555. The standard InChI is InChI=1S/C19H32ClN5/c1-15-6-5-11-25(13-15)19(2,3)14-24-18(21-4)22-10-9-16-7-8-17(20)23-12-16/h7-8,12,15H,5-6,9-11,13-14H2,1-4H3,(H2,21,22,24). The fourth-order valence-electron chi connectivity index (χ4n) is 3.25. The summed E-state index contributed by atoms with van der Waals surface area (Å²) in [5, 5.41) is 7.39. The molecule has 1 aliphatic heterocycles. The van der Waals surface area contributed by atoms with Crippen LogP contribution in [-0.2, 0) is 6.42 Å². The number of piperidine rings is 1. The molecule has 1 atom stereocenters. The van der Waals surface area contributed by atoms with Crippen molar-refractivity contribution in [3.63, 3.8) is 0 Å². The van der Waals surface area contributed by atoms with Crippen molar-refractivity contribution in [3.05, 3.63) is 29.0 Å². The van der Waals surface area contributed by atoms with E-state index in [1.807, 2.05) is 25.4 Å². The Morgan fingerprint density at radius 1 is 1.40 bits per heavy atom. The zero-order chi connectivity index (χ0) is 18.3. The summed E-state index contributed by atoms with van der Waals surface area (Å²) in [7, 11) is 1.81. The smallest absolute Gasteiger partial charge is 0.191 e. The second-order valence-electron chi connectivity index (χ2n) is 7.60. The molecule has 1 aromatic rings. The van der Waals surface area contributed by atoms with Crippen LogP contribution in [0.15, 0.2) is 23.3 Å². The van der Waals surface area contributed by atoms with Crippen LogP contribution in [0.2, 0.25) is 5.15 Å². The summed E-state index contributed by atoms with van der Waals surface area (Å²) in [6.07, 6.45) is 5.36. The average molecular weight is 366 g/mol. The molecule has 1 saturated heterocycles. The molecule has 2 rings (SSSR count). The van der Waals surface area contributed by atoms with Crippen molar-refractivity contribution in [2.75, 3.05) is 33.2 Å². The summed E-state index contributed by atoms with van der Waals surface area (Å²) in [5.41, 5.74) is 1.28. The third kappa shape index (κ3) is 6.48. The van der Waals surface area contributed by atoms with Crippen molar-refractivity contribution in [2.45, 2.75) is 45.6 Å². The summed E-state index contributed by atoms with van der Waals surface area (Å²) >= 11 is 5.82. The van der Waals surface area contributed by atoms with E-state index in [0.717, 1.165) is 37.0 Å². The van der Waals surface area contributed by atoms with Gasteiger partial charge in [0.1, 0.15) is 5.15 Å². The fraction of sp³-hybridized carbons (Fsp3) is 0.684. The van der Waals surface area contributed by atoms with Gasteiger partial charge < -0.3 is 10.6 Å². The predicted molar refractivity (Wildman–Crippen MR) is 106 cm³/mol. The number of nitrogens with one attached hydrogen (secondary N) is 2. The maximum atomic E-state index is 5.82. The van der Waals surface area contributed by atoms with Crippen LogP contribution in [0, 0.1) is 5.92 Å². The zero-order valence-electron chi connectivity index (χ0n) is 16.0. The molecule has 140 valence electrons. The van der Waals surface area contributed by atoms with Gasteiger partial charge in [0.05, 0.1) is 0 Å². The van der Waals surface area contributed by atoms with Crippen LogP contribution < -0.4 is 10.6 Å². The highest BCUT2D eigenvalue weighted by atomic mass is 35.5. The first-order chi connectivity index (χ1) is 11.9. The van der Waals surface area contributed by atoms with Crippen LogP contribution in [0.25, 0.3) is 0 Å². The lowest BCUT2D eigenvalue weighted by atomic mass is 9.93. The normalized spacial score (nSPS) is 19.7. The third-order valence-electron chi connectivity index (χ3n) is 4.92. The lowest BCUT2D eigenvalue weighted by molar-refractivity contribution is 0.0739. The van der Waals surface area contributed by atoms with Crippen molar-refractivity contribution in [1.82, 2.24) is 20.5 Å². The third-order valence-corrected chi connectivity index (χ3v) is 5.14. The Kier molecular flexibility index (Phi) is 7.51. The molecule has 0 amide bonds. The first kappa shape index (κ1) is 20.0. The van der Waals surface area contributed by atoms with Crippen molar-refractivity contribution in [3.8, 4) is 0 Å². The molecule has 0 aromatic carbocycles. The highest BCUT2D eigenvalue weighted by molar-refractivity contribution is 6.29. The van der Waals surface area contributed by atoms with Gasteiger partial charge in [-0.2, -0.15) is 0 Å². The number of halogens is 1. The Balaban J connectivity index is 1.76. The van der Waals surface area contributed by atoms with Crippen molar-refractivity contribution < 1.29 is 0 Å². The molecule has 5 nitrogen and oxygen atoms in total. The quantitative estimate of drug-likeness (QED) is 0.462. The van der Waals surface area contributed by atoms with Gasteiger partial charge in [0.2, 0.25) is 0 Å². The summed E-state index contributed by atoms with van der Waals surface area (Å²) < 4.78 is 0. The topological polar surface area (TPSA) is 52.6 Å². The molecule has 1 aliphatic rings. The minimum Gasteiger partial charge on any atom is -0.356 e. The summed E-state index contributed by atoms with van der Waals surface area (Å²) in [5.74, 6) is 1.64. The number of nitrogens with zero attached hydrogens (tertiary/aromatic N) is 3. The van der Waals surface area contributed by atoms with Crippen LogP contribution in [0.1, 0.15) is 39.2 Å². The molecule has 0 spiro atoms. The number of hydrogen-bond acceptors (Lipinski definition) is 3. The van der Waals surface area contributed by atoms with Gasteiger partial charge in [-0.15, -0.1) is 0 Å². The van der Waals surface area contributed by atoms with Gasteiger partial charge in [-0.1, -0.05) is 24.6 Å². The lowest BCUT2D eigenvalue weighted by Gasteiger charge is -2.43. The Morgan fingerprint density at radius 2 is 2.20 bits per heavy atom. The number of likely N-dealkylation sites (tertiary alicyclic amines) is 1. The molecular weight excluding hydrogens is 334 g/mol. The molecule has 25 heavy (non-hydrogen) atoms. The number of aromatic nitrogens is 1. The van der Waals surface area contributed by atoms with Gasteiger partial charge in [0.25, 0.3) is 0 Å². The van der Waals surface area contributed by atoms with E-state index in [-0.39, 0.29) is 5.54 Å². The Morgan fingerprint density at radius 3 is 2.84 bits per heavy atom. The van der Waals surface area contributed by atoms with E-state index in [1.54, 1.807) is 0 Å². The fourth-order valence-corrected chi connectivity index (χ4v) is 3.36. The van der Waals surface area contributed by atoms with Crippen LogP contribution in [-0.4, -0.2) is 54.6 Å². The van der Waals surface area contributed by atoms with Gasteiger partial charge in [-0.05, 0) is 57.2 Å². The van der Waals surface area contributed by atoms with E-state index >= 15 is 0 Å². The molecule has 0 aliphatic carbocycles. The second-order valence-corrected chi connectivity index (χ2v) is 7.98. The second kappa shape index (κ2) is 9.39. The molecule has 6 heteroatoms. The highest BCUT2D eigenvalue weighted by Crippen LogP contribution is 2.23. The minimum atomic E-state index is 0.117. The largest absolute Gasteiger partial charge is 0.356 e.